The number of allylic oxidation sites excluding steroid dienone is 6. The fourth-order valence-corrected chi connectivity index (χ4v) is 0.932. The summed E-state index contributed by atoms with van der Waals surface area (Å²) in [7, 11) is 1.74. The average molecular weight is 187 g/mol. The lowest BCUT2D eigenvalue weighted by atomic mass is 10.0. The van der Waals surface area contributed by atoms with Crippen molar-refractivity contribution in [2.45, 2.75) is 13.8 Å². The van der Waals surface area contributed by atoms with Crippen LogP contribution in [0.25, 0.3) is 0 Å². The Bertz CT molecular complexity index is 334. The van der Waals surface area contributed by atoms with Crippen molar-refractivity contribution in [1.29, 1.82) is 0 Å². The molecule has 0 aromatic heterocycles. The van der Waals surface area contributed by atoms with Gasteiger partial charge in [-0.1, -0.05) is 25.3 Å². The van der Waals surface area contributed by atoms with E-state index in [2.05, 4.69) is 23.9 Å². The smallest absolute Gasteiger partial charge is 0.0277 e. The molecule has 0 unspecified atom stereocenters. The normalized spacial score (nSPS) is 12.1. The highest BCUT2D eigenvalue weighted by molar-refractivity contribution is 5.74. The Morgan fingerprint density at radius 2 is 2.07 bits per heavy atom. The van der Waals surface area contributed by atoms with Gasteiger partial charge in [0.1, 0.15) is 0 Å². The monoisotopic (exact) mass is 187 g/mol. The van der Waals surface area contributed by atoms with Gasteiger partial charge in [-0.3, -0.25) is 4.99 Å². The van der Waals surface area contributed by atoms with Crippen LogP contribution in [0.5, 0.6) is 0 Å². The summed E-state index contributed by atoms with van der Waals surface area (Å²) in [6.07, 6.45) is 7.55. The number of aliphatic imine (C=N–C) groups is 1. The molecule has 74 valence electrons. The van der Waals surface area contributed by atoms with Crippen LogP contribution in [-0.4, -0.2) is 13.3 Å². The van der Waals surface area contributed by atoms with E-state index in [9.17, 15) is 0 Å². The lowest BCUT2D eigenvalue weighted by Gasteiger charge is -2.03. The lowest BCUT2D eigenvalue weighted by molar-refractivity contribution is 1.39. The third-order valence-corrected chi connectivity index (χ3v) is 1.80. The molecule has 0 spiro atoms. The maximum absolute atomic E-state index is 3.98. The van der Waals surface area contributed by atoms with Crippen LogP contribution in [0.15, 0.2) is 58.8 Å². The second kappa shape index (κ2) is 6.88. The highest BCUT2D eigenvalue weighted by Gasteiger charge is 1.99. The minimum atomic E-state index is 0.922. The van der Waals surface area contributed by atoms with Gasteiger partial charge in [-0.25, -0.2) is 0 Å². The summed E-state index contributed by atoms with van der Waals surface area (Å²) in [6, 6.07) is 0. The maximum Gasteiger partial charge on any atom is 0.0277 e. The highest BCUT2D eigenvalue weighted by atomic mass is 14.6. The largest absolute Gasteiger partial charge is 0.297 e. The Balaban J connectivity index is 4.86. The SMILES string of the molecule is C=C=C(/C=C\C)C(=C)/C(C)=C/C=NC. The summed E-state index contributed by atoms with van der Waals surface area (Å²) >= 11 is 0. The summed E-state index contributed by atoms with van der Waals surface area (Å²) in [5.41, 5.74) is 5.78. The standard InChI is InChI=1S/C13H17N/c1-6-8-13(7-2)12(4)11(3)9-10-14-5/h6,8-10H,2,4H2,1,3,5H3/b8-6-,11-9+,14-10?. The molecule has 0 aromatic carbocycles. The van der Waals surface area contributed by atoms with Gasteiger partial charge < -0.3 is 0 Å². The molecule has 14 heavy (non-hydrogen) atoms. The minimum Gasteiger partial charge on any atom is -0.297 e. The van der Waals surface area contributed by atoms with Crippen molar-refractivity contribution in [3.63, 3.8) is 0 Å². The van der Waals surface area contributed by atoms with E-state index in [1.807, 2.05) is 32.1 Å². The Hall–Kier alpha value is -1.59. The van der Waals surface area contributed by atoms with Crippen LogP contribution in [-0.2, 0) is 0 Å². The van der Waals surface area contributed by atoms with Crippen LogP contribution in [0, 0.1) is 0 Å². The molecular formula is C13H17N. The molecule has 0 saturated carbocycles. The molecule has 0 radical (unpaired) electrons. The van der Waals surface area contributed by atoms with E-state index in [1.165, 1.54) is 0 Å². The Kier molecular flexibility index (Phi) is 6.09. The fourth-order valence-electron chi connectivity index (χ4n) is 0.932. The minimum absolute atomic E-state index is 0.922. The molecule has 0 atom stereocenters. The van der Waals surface area contributed by atoms with Crippen molar-refractivity contribution in [3.05, 3.63) is 53.8 Å². The van der Waals surface area contributed by atoms with E-state index in [0.29, 0.717) is 0 Å². The number of rotatable bonds is 4. The van der Waals surface area contributed by atoms with Gasteiger partial charge in [-0.2, -0.15) is 0 Å². The lowest BCUT2D eigenvalue weighted by Crippen LogP contribution is -1.86. The van der Waals surface area contributed by atoms with Crippen molar-refractivity contribution >= 4 is 6.21 Å². The number of hydrogen-bond donors (Lipinski definition) is 0. The molecule has 0 aliphatic carbocycles. The zero-order chi connectivity index (χ0) is 11.0. The molecule has 0 amide bonds. The van der Waals surface area contributed by atoms with Crippen LogP contribution in [0.1, 0.15) is 13.8 Å². The van der Waals surface area contributed by atoms with Crippen LogP contribution >= 0.6 is 0 Å². The first-order valence-corrected chi connectivity index (χ1v) is 4.48. The van der Waals surface area contributed by atoms with Crippen LogP contribution < -0.4 is 0 Å². The van der Waals surface area contributed by atoms with E-state index in [4.69, 9.17) is 0 Å². The third kappa shape index (κ3) is 3.88. The molecule has 0 N–H and O–H groups in total. The van der Waals surface area contributed by atoms with Crippen molar-refractivity contribution in [3.8, 4) is 0 Å². The van der Waals surface area contributed by atoms with Gasteiger partial charge in [-0.15, -0.1) is 5.73 Å². The molecule has 0 heterocycles. The zero-order valence-electron chi connectivity index (χ0n) is 9.17. The van der Waals surface area contributed by atoms with Crippen LogP contribution in [0.2, 0.25) is 0 Å². The van der Waals surface area contributed by atoms with Crippen LogP contribution in [0.3, 0.4) is 0 Å². The molecule has 0 aliphatic heterocycles. The van der Waals surface area contributed by atoms with Gasteiger partial charge in [0.05, 0.1) is 0 Å². The van der Waals surface area contributed by atoms with Crippen LogP contribution in [0.4, 0.5) is 0 Å². The number of nitrogens with zero attached hydrogens (tertiary/aromatic N) is 1. The van der Waals surface area contributed by atoms with Gasteiger partial charge >= 0.3 is 0 Å². The van der Waals surface area contributed by atoms with Gasteiger partial charge in [-0.05, 0) is 31.1 Å². The summed E-state index contributed by atoms with van der Waals surface area (Å²) < 4.78 is 0. The van der Waals surface area contributed by atoms with E-state index in [-0.39, 0.29) is 0 Å². The second-order valence-electron chi connectivity index (χ2n) is 2.83. The Morgan fingerprint density at radius 3 is 2.50 bits per heavy atom. The molecule has 0 aliphatic rings. The molecule has 1 heteroatoms. The molecule has 0 saturated heterocycles. The number of hydrogen-bond acceptors (Lipinski definition) is 1. The quantitative estimate of drug-likeness (QED) is 0.363. The van der Waals surface area contributed by atoms with E-state index in [0.717, 1.165) is 16.7 Å². The van der Waals surface area contributed by atoms with Crippen molar-refractivity contribution in [2.24, 2.45) is 4.99 Å². The first-order valence-electron chi connectivity index (χ1n) is 4.48. The van der Waals surface area contributed by atoms with E-state index in [1.54, 1.807) is 13.3 Å². The predicted molar refractivity (Wildman–Crippen MR) is 64.8 cm³/mol. The molecular weight excluding hydrogens is 170 g/mol. The topological polar surface area (TPSA) is 12.4 Å². The summed E-state index contributed by atoms with van der Waals surface area (Å²) in [4.78, 5) is 3.88. The second-order valence-corrected chi connectivity index (χ2v) is 2.83. The van der Waals surface area contributed by atoms with E-state index < -0.39 is 0 Å². The zero-order valence-corrected chi connectivity index (χ0v) is 9.17. The van der Waals surface area contributed by atoms with Gasteiger partial charge in [0.25, 0.3) is 0 Å². The van der Waals surface area contributed by atoms with Gasteiger partial charge in [0.2, 0.25) is 0 Å². The van der Waals surface area contributed by atoms with Gasteiger partial charge in [0.15, 0.2) is 0 Å². The highest BCUT2D eigenvalue weighted by Crippen LogP contribution is 2.16. The van der Waals surface area contributed by atoms with Crippen molar-refractivity contribution < 1.29 is 0 Å². The third-order valence-electron chi connectivity index (χ3n) is 1.80. The first-order chi connectivity index (χ1) is 6.67. The van der Waals surface area contributed by atoms with Gasteiger partial charge in [0, 0.05) is 18.8 Å². The Morgan fingerprint density at radius 1 is 1.43 bits per heavy atom. The molecule has 0 rings (SSSR count). The predicted octanol–water partition coefficient (Wildman–Crippen LogP) is 3.48. The van der Waals surface area contributed by atoms with Crippen molar-refractivity contribution in [1.82, 2.24) is 0 Å². The molecule has 1 nitrogen and oxygen atoms in total. The summed E-state index contributed by atoms with van der Waals surface area (Å²) in [5.74, 6) is 0. The first kappa shape index (κ1) is 12.4. The fraction of sp³-hybridized carbons (Fsp3) is 0.231. The maximum atomic E-state index is 3.98. The van der Waals surface area contributed by atoms with E-state index >= 15 is 0 Å². The molecule has 0 bridgehead atoms. The summed E-state index contributed by atoms with van der Waals surface area (Å²) in [6.45, 7) is 11.6. The Labute approximate surface area is 86.6 Å². The average Bonchev–Trinajstić information content (AvgIpc) is 2.21. The summed E-state index contributed by atoms with van der Waals surface area (Å²) in [5, 5.41) is 0. The molecule has 0 aromatic rings. The van der Waals surface area contributed by atoms with Crippen molar-refractivity contribution in [2.75, 3.05) is 7.05 Å². The molecule has 0 fully saturated rings.